The first-order chi connectivity index (χ1) is 9.49. The Balaban J connectivity index is 2.65. The van der Waals surface area contributed by atoms with Crippen LogP contribution in [0, 0.1) is 5.92 Å². The Kier molecular flexibility index (Phi) is 6.99. The lowest BCUT2D eigenvalue weighted by Gasteiger charge is -2.34. The van der Waals surface area contributed by atoms with Crippen LogP contribution in [-0.4, -0.2) is 48.6 Å². The van der Waals surface area contributed by atoms with E-state index in [1.807, 2.05) is 13.8 Å². The highest BCUT2D eigenvalue weighted by molar-refractivity contribution is 5.86. The summed E-state index contributed by atoms with van der Waals surface area (Å²) in [7, 11) is 0. The van der Waals surface area contributed by atoms with Crippen LogP contribution in [0.3, 0.4) is 0 Å². The predicted molar refractivity (Wildman–Crippen MR) is 78.3 cm³/mol. The van der Waals surface area contributed by atoms with Gasteiger partial charge in [0.2, 0.25) is 5.91 Å². The molecule has 0 saturated carbocycles. The summed E-state index contributed by atoms with van der Waals surface area (Å²) in [6.07, 6.45) is 3.09. The Morgan fingerprint density at radius 1 is 1.35 bits per heavy atom. The molecule has 1 amide bonds. The normalized spacial score (nSPS) is 22.6. The average molecular weight is 284 g/mol. The Hall–Kier alpha value is -1.10. The van der Waals surface area contributed by atoms with Gasteiger partial charge in [-0.05, 0) is 46.1 Å². The van der Waals surface area contributed by atoms with Crippen LogP contribution in [0.2, 0.25) is 0 Å². The summed E-state index contributed by atoms with van der Waals surface area (Å²) in [4.78, 5) is 25.8. The molecule has 0 aliphatic carbocycles. The molecule has 1 heterocycles. The van der Waals surface area contributed by atoms with Crippen molar-refractivity contribution < 1.29 is 14.3 Å². The van der Waals surface area contributed by atoms with Gasteiger partial charge in [0.25, 0.3) is 0 Å². The molecule has 1 rings (SSSR count). The second-order valence-corrected chi connectivity index (χ2v) is 5.67. The van der Waals surface area contributed by atoms with E-state index in [9.17, 15) is 9.59 Å². The maximum Gasteiger partial charge on any atom is 0.325 e. The first-order valence-corrected chi connectivity index (χ1v) is 7.69. The quantitative estimate of drug-likeness (QED) is 0.752. The summed E-state index contributed by atoms with van der Waals surface area (Å²) in [5.41, 5.74) is 0. The van der Waals surface area contributed by atoms with Gasteiger partial charge in [-0.25, -0.2) is 0 Å². The van der Waals surface area contributed by atoms with Gasteiger partial charge in [0.05, 0.1) is 12.6 Å². The molecule has 0 spiro atoms. The molecule has 5 nitrogen and oxygen atoms in total. The van der Waals surface area contributed by atoms with Crippen LogP contribution in [0.15, 0.2) is 0 Å². The number of piperidine rings is 1. The SMILES string of the molecule is CCOC(=O)CN(C(=O)C1CC(CC)CCN1)C(C)C. The van der Waals surface area contributed by atoms with E-state index < -0.39 is 0 Å². The molecule has 0 aromatic carbocycles. The number of hydrogen-bond donors (Lipinski definition) is 1. The fourth-order valence-electron chi connectivity index (χ4n) is 2.62. The minimum absolute atomic E-state index is 0.00397. The molecule has 1 fully saturated rings. The van der Waals surface area contributed by atoms with Crippen LogP contribution >= 0.6 is 0 Å². The van der Waals surface area contributed by atoms with Gasteiger partial charge < -0.3 is 15.0 Å². The number of hydrogen-bond acceptors (Lipinski definition) is 4. The molecule has 0 aromatic heterocycles. The van der Waals surface area contributed by atoms with Crippen molar-refractivity contribution in [2.75, 3.05) is 19.7 Å². The van der Waals surface area contributed by atoms with E-state index in [1.165, 1.54) is 0 Å². The lowest BCUT2D eigenvalue weighted by Crippen LogP contribution is -2.53. The zero-order valence-corrected chi connectivity index (χ0v) is 13.1. The molecule has 1 aliphatic rings. The van der Waals surface area contributed by atoms with Gasteiger partial charge in [-0.3, -0.25) is 9.59 Å². The summed E-state index contributed by atoms with van der Waals surface area (Å²) in [6, 6.07) is -0.166. The predicted octanol–water partition coefficient (Wildman–Crippen LogP) is 1.56. The molecule has 0 radical (unpaired) electrons. The van der Waals surface area contributed by atoms with Crippen molar-refractivity contribution in [3.63, 3.8) is 0 Å². The van der Waals surface area contributed by atoms with Crippen molar-refractivity contribution in [2.24, 2.45) is 5.92 Å². The fourth-order valence-corrected chi connectivity index (χ4v) is 2.62. The van der Waals surface area contributed by atoms with Gasteiger partial charge in [0.1, 0.15) is 6.54 Å². The monoisotopic (exact) mass is 284 g/mol. The lowest BCUT2D eigenvalue weighted by molar-refractivity contribution is -0.151. The molecule has 0 bridgehead atoms. The standard InChI is InChI=1S/C15H28N2O3/c1-5-12-7-8-16-13(9-12)15(19)17(11(3)4)10-14(18)20-6-2/h11-13,16H,5-10H2,1-4H3. The van der Waals surface area contributed by atoms with E-state index >= 15 is 0 Å². The average Bonchev–Trinajstić information content (AvgIpc) is 2.44. The highest BCUT2D eigenvalue weighted by Crippen LogP contribution is 2.21. The number of carbonyl (C=O) groups is 2. The van der Waals surface area contributed by atoms with Crippen molar-refractivity contribution in [1.29, 1.82) is 0 Å². The van der Waals surface area contributed by atoms with E-state index in [1.54, 1.807) is 11.8 Å². The van der Waals surface area contributed by atoms with E-state index in [4.69, 9.17) is 4.74 Å². The third-order valence-corrected chi connectivity index (χ3v) is 3.90. The number of amides is 1. The van der Waals surface area contributed by atoms with E-state index in [2.05, 4.69) is 12.2 Å². The highest BCUT2D eigenvalue weighted by atomic mass is 16.5. The molecule has 1 aliphatic heterocycles. The van der Waals surface area contributed by atoms with Crippen LogP contribution in [0.1, 0.15) is 47.0 Å². The molecule has 0 aromatic rings. The minimum Gasteiger partial charge on any atom is -0.465 e. The number of rotatable bonds is 6. The van der Waals surface area contributed by atoms with Crippen LogP contribution in [-0.2, 0) is 14.3 Å². The van der Waals surface area contributed by atoms with Gasteiger partial charge in [-0.15, -0.1) is 0 Å². The number of nitrogens with zero attached hydrogens (tertiary/aromatic N) is 1. The molecule has 2 unspecified atom stereocenters. The van der Waals surface area contributed by atoms with Crippen LogP contribution in [0.4, 0.5) is 0 Å². The van der Waals surface area contributed by atoms with Crippen molar-refractivity contribution >= 4 is 11.9 Å². The Morgan fingerprint density at radius 3 is 2.60 bits per heavy atom. The first kappa shape index (κ1) is 17.0. The van der Waals surface area contributed by atoms with E-state index in [0.717, 1.165) is 25.8 Å². The summed E-state index contributed by atoms with van der Waals surface area (Å²) in [6.45, 7) is 9.05. The van der Waals surface area contributed by atoms with Crippen molar-refractivity contribution in [1.82, 2.24) is 10.2 Å². The highest BCUT2D eigenvalue weighted by Gasteiger charge is 2.31. The van der Waals surface area contributed by atoms with Crippen molar-refractivity contribution in [3.05, 3.63) is 0 Å². The Labute approximate surface area is 122 Å². The molecule has 20 heavy (non-hydrogen) atoms. The third-order valence-electron chi connectivity index (χ3n) is 3.90. The summed E-state index contributed by atoms with van der Waals surface area (Å²) >= 11 is 0. The summed E-state index contributed by atoms with van der Waals surface area (Å²) in [5.74, 6) is 0.283. The van der Waals surface area contributed by atoms with Gasteiger partial charge in [0, 0.05) is 6.04 Å². The maximum atomic E-state index is 12.6. The lowest BCUT2D eigenvalue weighted by atomic mass is 9.89. The molecule has 5 heteroatoms. The van der Waals surface area contributed by atoms with Crippen LogP contribution in [0.25, 0.3) is 0 Å². The maximum absolute atomic E-state index is 12.6. The number of ether oxygens (including phenoxy) is 1. The van der Waals surface area contributed by atoms with Crippen molar-refractivity contribution in [2.45, 2.75) is 59.0 Å². The van der Waals surface area contributed by atoms with Gasteiger partial charge in [-0.2, -0.15) is 0 Å². The van der Waals surface area contributed by atoms with Gasteiger partial charge in [0.15, 0.2) is 0 Å². The molecule has 2 atom stereocenters. The van der Waals surface area contributed by atoms with Crippen LogP contribution < -0.4 is 5.32 Å². The molecular weight excluding hydrogens is 256 g/mol. The van der Waals surface area contributed by atoms with Gasteiger partial charge >= 0.3 is 5.97 Å². The number of nitrogens with one attached hydrogen (secondary N) is 1. The zero-order chi connectivity index (χ0) is 15.1. The fraction of sp³-hybridized carbons (Fsp3) is 0.867. The zero-order valence-electron chi connectivity index (χ0n) is 13.1. The van der Waals surface area contributed by atoms with Gasteiger partial charge in [-0.1, -0.05) is 13.3 Å². The first-order valence-electron chi connectivity index (χ1n) is 7.69. The summed E-state index contributed by atoms with van der Waals surface area (Å²) < 4.78 is 4.95. The topological polar surface area (TPSA) is 58.6 Å². The minimum atomic E-state index is -0.336. The van der Waals surface area contributed by atoms with Crippen molar-refractivity contribution in [3.8, 4) is 0 Å². The number of carbonyl (C=O) groups excluding carboxylic acids is 2. The van der Waals surface area contributed by atoms with E-state index in [0.29, 0.717) is 12.5 Å². The smallest absolute Gasteiger partial charge is 0.325 e. The molecular formula is C15H28N2O3. The molecule has 1 N–H and O–H groups in total. The Morgan fingerprint density at radius 2 is 2.05 bits per heavy atom. The Bertz CT molecular complexity index is 331. The second kappa shape index (κ2) is 8.25. The molecule has 116 valence electrons. The molecule has 1 saturated heterocycles. The number of esters is 1. The largest absolute Gasteiger partial charge is 0.465 e. The van der Waals surface area contributed by atoms with Crippen LogP contribution in [0.5, 0.6) is 0 Å². The third kappa shape index (κ3) is 4.78. The second-order valence-electron chi connectivity index (χ2n) is 5.67. The summed E-state index contributed by atoms with van der Waals surface area (Å²) in [5, 5.41) is 3.28. The van der Waals surface area contributed by atoms with E-state index in [-0.39, 0.29) is 30.5 Å².